The van der Waals surface area contributed by atoms with Gasteiger partial charge in [0, 0.05) is 37.4 Å². The summed E-state index contributed by atoms with van der Waals surface area (Å²) in [5.41, 5.74) is 1.61. The number of piperidine rings is 1. The molecule has 0 unspecified atom stereocenters. The molecule has 7 heteroatoms. The summed E-state index contributed by atoms with van der Waals surface area (Å²) in [6, 6.07) is 13.7. The molecule has 0 atom stereocenters. The molecule has 31 heavy (non-hydrogen) atoms. The maximum Gasteiger partial charge on any atom is 0.410 e. The third kappa shape index (κ3) is 5.96. The van der Waals surface area contributed by atoms with Gasteiger partial charge in [-0.1, -0.05) is 30.3 Å². The molecule has 2 N–H and O–H groups in total. The van der Waals surface area contributed by atoms with Crippen LogP contribution in [0, 0.1) is 5.92 Å². The molecule has 2 heterocycles. The van der Waals surface area contributed by atoms with E-state index in [2.05, 4.69) is 15.6 Å². The van der Waals surface area contributed by atoms with Gasteiger partial charge < -0.3 is 20.3 Å². The van der Waals surface area contributed by atoms with Gasteiger partial charge >= 0.3 is 6.09 Å². The van der Waals surface area contributed by atoms with Crippen LogP contribution in [0.4, 0.5) is 10.6 Å². The minimum absolute atomic E-state index is 0.0799. The SMILES string of the molecule is O=C(NCC1CCN(C(=O)OCc2ccccc2)CC1)c1ccnc(NC2CCC2)c1. The fraction of sp³-hybridized carbons (Fsp3) is 0.458. The monoisotopic (exact) mass is 422 g/mol. The Morgan fingerprint density at radius 1 is 1.06 bits per heavy atom. The number of carbonyl (C=O) groups is 2. The summed E-state index contributed by atoms with van der Waals surface area (Å²) in [4.78, 5) is 30.9. The van der Waals surface area contributed by atoms with E-state index >= 15 is 0 Å². The minimum Gasteiger partial charge on any atom is -0.445 e. The van der Waals surface area contributed by atoms with Crippen molar-refractivity contribution in [2.24, 2.45) is 5.92 Å². The average molecular weight is 423 g/mol. The van der Waals surface area contributed by atoms with Crippen LogP contribution in [-0.2, 0) is 11.3 Å². The number of ether oxygens (including phenoxy) is 1. The summed E-state index contributed by atoms with van der Waals surface area (Å²) in [6.07, 6.45) is 6.69. The van der Waals surface area contributed by atoms with Gasteiger partial charge in [-0.2, -0.15) is 0 Å². The molecule has 7 nitrogen and oxygen atoms in total. The second-order valence-corrected chi connectivity index (χ2v) is 8.38. The molecule has 1 aliphatic carbocycles. The molecule has 2 aliphatic rings. The number of anilines is 1. The fourth-order valence-corrected chi connectivity index (χ4v) is 3.88. The molecular weight excluding hydrogens is 392 g/mol. The van der Waals surface area contributed by atoms with Crippen LogP contribution in [0.3, 0.4) is 0 Å². The molecule has 4 rings (SSSR count). The van der Waals surface area contributed by atoms with E-state index in [1.165, 1.54) is 6.42 Å². The van der Waals surface area contributed by atoms with Crippen molar-refractivity contribution in [3.8, 4) is 0 Å². The summed E-state index contributed by atoms with van der Waals surface area (Å²) in [5, 5.41) is 6.41. The van der Waals surface area contributed by atoms with Crippen molar-refractivity contribution >= 4 is 17.8 Å². The molecule has 1 aromatic carbocycles. The Morgan fingerprint density at radius 2 is 1.84 bits per heavy atom. The number of hydrogen-bond donors (Lipinski definition) is 2. The lowest BCUT2D eigenvalue weighted by Gasteiger charge is -2.31. The predicted octanol–water partition coefficient (Wildman–Crippen LogP) is 3.82. The summed E-state index contributed by atoms with van der Waals surface area (Å²) in [6.45, 7) is 2.20. The number of aromatic nitrogens is 1. The Labute approximate surface area is 183 Å². The molecule has 0 bridgehead atoms. The van der Waals surface area contributed by atoms with E-state index in [-0.39, 0.29) is 12.0 Å². The third-order valence-corrected chi connectivity index (χ3v) is 6.11. The van der Waals surface area contributed by atoms with E-state index in [0.717, 1.165) is 37.1 Å². The Kier molecular flexibility index (Phi) is 7.02. The zero-order valence-corrected chi connectivity index (χ0v) is 17.8. The van der Waals surface area contributed by atoms with Crippen LogP contribution >= 0.6 is 0 Å². The second kappa shape index (κ2) is 10.3. The van der Waals surface area contributed by atoms with E-state index in [1.54, 1.807) is 17.2 Å². The van der Waals surface area contributed by atoms with Gasteiger partial charge in [0.05, 0.1) is 0 Å². The highest BCUT2D eigenvalue weighted by Gasteiger charge is 2.24. The van der Waals surface area contributed by atoms with E-state index in [9.17, 15) is 9.59 Å². The topological polar surface area (TPSA) is 83.6 Å². The highest BCUT2D eigenvalue weighted by atomic mass is 16.6. The van der Waals surface area contributed by atoms with Crippen LogP contribution in [-0.4, -0.2) is 47.6 Å². The quantitative estimate of drug-likeness (QED) is 0.709. The van der Waals surface area contributed by atoms with Crippen molar-refractivity contribution < 1.29 is 14.3 Å². The van der Waals surface area contributed by atoms with Gasteiger partial charge in [-0.05, 0) is 55.7 Å². The average Bonchev–Trinajstić information content (AvgIpc) is 2.79. The number of pyridine rings is 1. The fourth-order valence-electron chi connectivity index (χ4n) is 3.88. The minimum atomic E-state index is -0.269. The first-order valence-electron chi connectivity index (χ1n) is 11.1. The first-order valence-corrected chi connectivity index (χ1v) is 11.1. The van der Waals surface area contributed by atoms with Gasteiger partial charge in [0.25, 0.3) is 5.91 Å². The third-order valence-electron chi connectivity index (χ3n) is 6.11. The van der Waals surface area contributed by atoms with Crippen molar-refractivity contribution in [2.75, 3.05) is 25.0 Å². The number of rotatable bonds is 7. The number of amides is 2. The molecule has 2 aromatic rings. The molecule has 1 aliphatic heterocycles. The molecule has 0 radical (unpaired) electrons. The lowest BCUT2D eigenvalue weighted by Crippen LogP contribution is -2.41. The van der Waals surface area contributed by atoms with Crippen LogP contribution in [0.2, 0.25) is 0 Å². The first kappa shape index (κ1) is 21.2. The largest absolute Gasteiger partial charge is 0.445 e. The lowest BCUT2D eigenvalue weighted by atomic mass is 9.93. The standard InChI is InChI=1S/C24H30N4O3/c29-23(20-9-12-25-22(15-20)27-21-7-4-8-21)26-16-18-10-13-28(14-11-18)24(30)31-17-19-5-2-1-3-6-19/h1-3,5-6,9,12,15,18,21H,4,7-8,10-11,13-14,16-17H2,(H,25,27)(H,26,29). The van der Waals surface area contributed by atoms with Crippen molar-refractivity contribution in [1.29, 1.82) is 0 Å². The van der Waals surface area contributed by atoms with Crippen LogP contribution < -0.4 is 10.6 Å². The Bertz CT molecular complexity index is 877. The molecule has 1 saturated carbocycles. The molecule has 2 amide bonds. The van der Waals surface area contributed by atoms with E-state index in [0.29, 0.717) is 43.8 Å². The number of nitrogens with zero attached hydrogens (tertiary/aromatic N) is 2. The molecular formula is C24H30N4O3. The smallest absolute Gasteiger partial charge is 0.410 e. The number of nitrogens with one attached hydrogen (secondary N) is 2. The molecule has 2 fully saturated rings. The van der Waals surface area contributed by atoms with Crippen molar-refractivity contribution in [2.45, 2.75) is 44.8 Å². The van der Waals surface area contributed by atoms with Gasteiger partial charge in [-0.25, -0.2) is 9.78 Å². The summed E-state index contributed by atoms with van der Waals surface area (Å²) in [5.74, 6) is 1.04. The lowest BCUT2D eigenvalue weighted by molar-refractivity contribution is 0.0801. The summed E-state index contributed by atoms with van der Waals surface area (Å²) < 4.78 is 5.42. The van der Waals surface area contributed by atoms with Gasteiger partial charge in [-0.3, -0.25) is 4.79 Å². The Balaban J connectivity index is 1.17. The highest BCUT2D eigenvalue weighted by molar-refractivity contribution is 5.94. The van der Waals surface area contributed by atoms with Crippen LogP contribution in [0.5, 0.6) is 0 Å². The Hall–Kier alpha value is -3.09. The summed E-state index contributed by atoms with van der Waals surface area (Å²) in [7, 11) is 0. The first-order chi connectivity index (χ1) is 15.2. The van der Waals surface area contributed by atoms with Crippen LogP contribution in [0.1, 0.15) is 48.0 Å². The molecule has 164 valence electrons. The van der Waals surface area contributed by atoms with Crippen molar-refractivity contribution in [3.05, 3.63) is 59.8 Å². The number of benzene rings is 1. The molecule has 1 saturated heterocycles. The van der Waals surface area contributed by atoms with Crippen molar-refractivity contribution in [1.82, 2.24) is 15.2 Å². The second-order valence-electron chi connectivity index (χ2n) is 8.38. The molecule has 0 spiro atoms. The van der Waals surface area contributed by atoms with E-state index < -0.39 is 0 Å². The van der Waals surface area contributed by atoms with E-state index in [4.69, 9.17) is 4.74 Å². The van der Waals surface area contributed by atoms with E-state index in [1.807, 2.05) is 36.4 Å². The summed E-state index contributed by atoms with van der Waals surface area (Å²) >= 11 is 0. The van der Waals surface area contributed by atoms with Gasteiger partial charge in [0.2, 0.25) is 0 Å². The maximum absolute atomic E-state index is 12.6. The number of hydrogen-bond acceptors (Lipinski definition) is 5. The zero-order chi connectivity index (χ0) is 21.5. The van der Waals surface area contributed by atoms with Crippen LogP contribution in [0.25, 0.3) is 0 Å². The normalized spacial score (nSPS) is 17.0. The van der Waals surface area contributed by atoms with Crippen molar-refractivity contribution in [3.63, 3.8) is 0 Å². The van der Waals surface area contributed by atoms with Crippen LogP contribution in [0.15, 0.2) is 48.7 Å². The molecule has 1 aromatic heterocycles. The number of likely N-dealkylation sites (tertiary alicyclic amines) is 1. The maximum atomic E-state index is 12.6. The zero-order valence-electron chi connectivity index (χ0n) is 17.8. The number of carbonyl (C=O) groups excluding carboxylic acids is 2. The van der Waals surface area contributed by atoms with Gasteiger partial charge in [0.15, 0.2) is 0 Å². The highest BCUT2D eigenvalue weighted by Crippen LogP contribution is 2.22. The Morgan fingerprint density at radius 3 is 2.55 bits per heavy atom. The predicted molar refractivity (Wildman–Crippen MR) is 119 cm³/mol. The van der Waals surface area contributed by atoms with Gasteiger partial charge in [0.1, 0.15) is 12.4 Å². The van der Waals surface area contributed by atoms with Gasteiger partial charge in [-0.15, -0.1) is 0 Å².